The Labute approximate surface area is 109 Å². The Hall–Kier alpha value is -1.15. The van der Waals surface area contributed by atoms with E-state index < -0.39 is 0 Å². The van der Waals surface area contributed by atoms with Crippen LogP contribution in [0.25, 0.3) is 0 Å². The molecule has 0 radical (unpaired) electrons. The lowest BCUT2D eigenvalue weighted by Gasteiger charge is -2.37. The van der Waals surface area contributed by atoms with Crippen LogP contribution in [0, 0.1) is 11.7 Å². The maximum atomic E-state index is 12.9. The van der Waals surface area contributed by atoms with E-state index >= 15 is 0 Å². The minimum Gasteiger partial charge on any atom is -0.292 e. The van der Waals surface area contributed by atoms with Crippen molar-refractivity contribution in [1.29, 1.82) is 0 Å². The second kappa shape index (κ2) is 5.66. The fourth-order valence-corrected chi connectivity index (χ4v) is 2.76. The third-order valence-corrected chi connectivity index (χ3v) is 3.87. The summed E-state index contributed by atoms with van der Waals surface area (Å²) in [6, 6.07) is 7.25. The third kappa shape index (κ3) is 2.99. The molecule has 1 heterocycles. The van der Waals surface area contributed by atoms with E-state index in [9.17, 15) is 4.39 Å². The SMILES string of the molecule is CC=C1C[C@H](C)CN([C@@H](C)c2ccc(F)cc2)C1. The minimum atomic E-state index is -0.160. The first-order valence-electron chi connectivity index (χ1n) is 6.73. The number of hydrogen-bond donors (Lipinski definition) is 0. The summed E-state index contributed by atoms with van der Waals surface area (Å²) in [4.78, 5) is 2.48. The standard InChI is InChI=1S/C16H22FN/c1-4-14-9-12(2)10-18(11-14)13(3)15-5-7-16(17)8-6-15/h4-8,12-13H,9-11H2,1-3H3/t12-,13-/m0/s1. The predicted octanol–water partition coefficient (Wildman–Crippen LogP) is 4.17. The molecule has 2 rings (SSSR count). The highest BCUT2D eigenvalue weighted by atomic mass is 19.1. The molecule has 0 aliphatic carbocycles. The Morgan fingerprint density at radius 3 is 2.61 bits per heavy atom. The Bertz CT molecular complexity index is 421. The van der Waals surface area contributed by atoms with E-state index in [-0.39, 0.29) is 5.82 Å². The number of hydrogen-bond acceptors (Lipinski definition) is 1. The highest BCUT2D eigenvalue weighted by Gasteiger charge is 2.24. The van der Waals surface area contributed by atoms with Gasteiger partial charge in [0.1, 0.15) is 5.82 Å². The molecule has 2 atom stereocenters. The lowest BCUT2D eigenvalue weighted by Crippen LogP contribution is -2.37. The van der Waals surface area contributed by atoms with E-state index in [2.05, 4.69) is 31.7 Å². The quantitative estimate of drug-likeness (QED) is 0.709. The van der Waals surface area contributed by atoms with Gasteiger partial charge in [-0.15, -0.1) is 0 Å². The predicted molar refractivity (Wildman–Crippen MR) is 73.9 cm³/mol. The van der Waals surface area contributed by atoms with Gasteiger partial charge in [0.15, 0.2) is 0 Å². The summed E-state index contributed by atoms with van der Waals surface area (Å²) >= 11 is 0. The van der Waals surface area contributed by atoms with Gasteiger partial charge in [0, 0.05) is 19.1 Å². The van der Waals surface area contributed by atoms with Crippen LogP contribution in [0.2, 0.25) is 0 Å². The first kappa shape index (κ1) is 13.3. The van der Waals surface area contributed by atoms with Crippen molar-refractivity contribution in [2.24, 2.45) is 5.92 Å². The molecule has 1 aromatic rings. The van der Waals surface area contributed by atoms with E-state index in [0.717, 1.165) is 13.1 Å². The van der Waals surface area contributed by atoms with Crippen molar-refractivity contribution in [2.45, 2.75) is 33.2 Å². The van der Waals surface area contributed by atoms with Gasteiger partial charge in [0.2, 0.25) is 0 Å². The zero-order valence-corrected chi connectivity index (χ0v) is 11.5. The highest BCUT2D eigenvalue weighted by Crippen LogP contribution is 2.28. The van der Waals surface area contributed by atoms with Crippen molar-refractivity contribution in [3.8, 4) is 0 Å². The van der Waals surface area contributed by atoms with Crippen molar-refractivity contribution in [3.05, 3.63) is 47.3 Å². The van der Waals surface area contributed by atoms with Crippen LogP contribution in [0.3, 0.4) is 0 Å². The Kier molecular flexibility index (Phi) is 4.18. The van der Waals surface area contributed by atoms with E-state index in [0.29, 0.717) is 12.0 Å². The van der Waals surface area contributed by atoms with Crippen LogP contribution in [0.15, 0.2) is 35.9 Å². The molecule has 0 N–H and O–H groups in total. The van der Waals surface area contributed by atoms with E-state index in [1.807, 2.05) is 12.1 Å². The van der Waals surface area contributed by atoms with Crippen LogP contribution in [-0.2, 0) is 0 Å². The van der Waals surface area contributed by atoms with Crippen LogP contribution in [0.5, 0.6) is 0 Å². The highest BCUT2D eigenvalue weighted by molar-refractivity contribution is 5.20. The molecule has 1 aromatic carbocycles. The molecule has 18 heavy (non-hydrogen) atoms. The van der Waals surface area contributed by atoms with Crippen LogP contribution in [0.1, 0.15) is 38.8 Å². The summed E-state index contributed by atoms with van der Waals surface area (Å²) in [5, 5.41) is 0. The van der Waals surface area contributed by atoms with Gasteiger partial charge in [-0.05, 0) is 43.9 Å². The lowest BCUT2D eigenvalue weighted by molar-refractivity contribution is 0.170. The molecule has 0 bridgehead atoms. The number of benzene rings is 1. The maximum Gasteiger partial charge on any atom is 0.123 e. The molecular formula is C16H22FN. The molecule has 0 unspecified atom stereocenters. The maximum absolute atomic E-state index is 12.9. The molecule has 1 aliphatic rings. The monoisotopic (exact) mass is 247 g/mol. The van der Waals surface area contributed by atoms with Crippen molar-refractivity contribution in [2.75, 3.05) is 13.1 Å². The van der Waals surface area contributed by atoms with Crippen molar-refractivity contribution in [3.63, 3.8) is 0 Å². The van der Waals surface area contributed by atoms with Gasteiger partial charge >= 0.3 is 0 Å². The number of nitrogens with zero attached hydrogens (tertiary/aromatic N) is 1. The van der Waals surface area contributed by atoms with Crippen LogP contribution in [0.4, 0.5) is 4.39 Å². The van der Waals surface area contributed by atoms with Crippen molar-refractivity contribution >= 4 is 0 Å². The molecule has 0 saturated carbocycles. The molecule has 2 heteroatoms. The van der Waals surface area contributed by atoms with Gasteiger partial charge in [0.05, 0.1) is 0 Å². The molecular weight excluding hydrogens is 225 g/mol. The van der Waals surface area contributed by atoms with Gasteiger partial charge < -0.3 is 0 Å². The molecule has 0 amide bonds. The Balaban J connectivity index is 2.12. The average molecular weight is 247 g/mol. The van der Waals surface area contributed by atoms with Crippen molar-refractivity contribution in [1.82, 2.24) is 4.90 Å². The lowest BCUT2D eigenvalue weighted by atomic mass is 9.93. The summed E-state index contributed by atoms with van der Waals surface area (Å²) in [7, 11) is 0. The van der Waals surface area contributed by atoms with Gasteiger partial charge in [0.25, 0.3) is 0 Å². The summed E-state index contributed by atoms with van der Waals surface area (Å²) in [6.45, 7) is 8.79. The van der Waals surface area contributed by atoms with E-state index in [1.165, 1.54) is 17.6 Å². The van der Waals surface area contributed by atoms with Gasteiger partial charge in [-0.25, -0.2) is 4.39 Å². The topological polar surface area (TPSA) is 3.24 Å². The summed E-state index contributed by atoms with van der Waals surface area (Å²) in [6.07, 6.45) is 3.45. The van der Waals surface area contributed by atoms with Crippen molar-refractivity contribution < 1.29 is 4.39 Å². The average Bonchev–Trinajstić information content (AvgIpc) is 2.38. The fourth-order valence-electron chi connectivity index (χ4n) is 2.76. The van der Waals surface area contributed by atoms with Crippen LogP contribution in [-0.4, -0.2) is 18.0 Å². The van der Waals surface area contributed by atoms with Crippen LogP contribution >= 0.6 is 0 Å². The van der Waals surface area contributed by atoms with E-state index in [4.69, 9.17) is 0 Å². The number of likely N-dealkylation sites (tertiary alicyclic amines) is 1. The summed E-state index contributed by atoms with van der Waals surface area (Å²) in [5.41, 5.74) is 2.71. The smallest absolute Gasteiger partial charge is 0.123 e. The summed E-state index contributed by atoms with van der Waals surface area (Å²) < 4.78 is 12.9. The molecule has 0 aromatic heterocycles. The van der Waals surface area contributed by atoms with Crippen LogP contribution < -0.4 is 0 Å². The second-order valence-corrected chi connectivity index (χ2v) is 5.41. The van der Waals surface area contributed by atoms with Gasteiger partial charge in [-0.3, -0.25) is 4.90 Å². The number of rotatable bonds is 2. The molecule has 98 valence electrons. The number of halogens is 1. The molecule has 1 aliphatic heterocycles. The Morgan fingerprint density at radius 2 is 2.00 bits per heavy atom. The normalized spacial score (nSPS) is 25.3. The molecule has 1 nitrogen and oxygen atoms in total. The first-order valence-corrected chi connectivity index (χ1v) is 6.73. The fraction of sp³-hybridized carbons (Fsp3) is 0.500. The zero-order valence-electron chi connectivity index (χ0n) is 11.5. The Morgan fingerprint density at radius 1 is 1.33 bits per heavy atom. The molecule has 1 saturated heterocycles. The molecule has 0 spiro atoms. The zero-order chi connectivity index (χ0) is 13.1. The largest absolute Gasteiger partial charge is 0.292 e. The first-order chi connectivity index (χ1) is 8.60. The van der Waals surface area contributed by atoms with Gasteiger partial charge in [-0.1, -0.05) is 30.7 Å². The summed E-state index contributed by atoms with van der Waals surface area (Å²) in [5.74, 6) is 0.542. The number of allylic oxidation sites excluding steroid dienone is 1. The third-order valence-electron chi connectivity index (χ3n) is 3.87. The minimum absolute atomic E-state index is 0.160. The molecule has 1 fully saturated rings. The van der Waals surface area contributed by atoms with Gasteiger partial charge in [-0.2, -0.15) is 0 Å². The number of piperidine rings is 1. The second-order valence-electron chi connectivity index (χ2n) is 5.41. The van der Waals surface area contributed by atoms with E-state index in [1.54, 1.807) is 12.1 Å².